The standard InChI is InChI=1S/C27H31N3O5/c1-18-8-5-6-9-20(18)16-24(31)29-12-11-21-26(23(34-4)17-25(32)30(21)14-13-29)27(33)28(3)19(2)22-10-7-15-35-22/h5-10,15,17,19H,11-14,16H2,1-4H3/t19-/m0/s1. The molecular weight excluding hydrogens is 446 g/mol. The molecule has 0 spiro atoms. The van der Waals surface area contributed by atoms with Crippen LogP contribution in [0.25, 0.3) is 0 Å². The van der Waals surface area contributed by atoms with E-state index < -0.39 is 0 Å². The number of pyridine rings is 1. The van der Waals surface area contributed by atoms with Crippen LogP contribution in [0.3, 0.4) is 0 Å². The molecule has 4 rings (SSSR count). The molecule has 184 valence electrons. The molecule has 0 N–H and O–H groups in total. The zero-order valence-corrected chi connectivity index (χ0v) is 20.6. The van der Waals surface area contributed by atoms with Gasteiger partial charge in [-0.1, -0.05) is 24.3 Å². The van der Waals surface area contributed by atoms with E-state index in [0.717, 1.165) is 11.1 Å². The van der Waals surface area contributed by atoms with E-state index in [1.807, 2.05) is 44.2 Å². The fourth-order valence-corrected chi connectivity index (χ4v) is 4.55. The predicted octanol–water partition coefficient (Wildman–Crippen LogP) is 3.22. The van der Waals surface area contributed by atoms with Crippen molar-refractivity contribution in [3.8, 4) is 5.75 Å². The van der Waals surface area contributed by atoms with Gasteiger partial charge in [0.1, 0.15) is 17.1 Å². The third-order valence-electron chi connectivity index (χ3n) is 6.84. The lowest BCUT2D eigenvalue weighted by atomic mass is 10.0. The van der Waals surface area contributed by atoms with Crippen molar-refractivity contribution in [3.05, 3.63) is 87.2 Å². The average molecular weight is 478 g/mol. The van der Waals surface area contributed by atoms with Crippen LogP contribution in [0, 0.1) is 6.92 Å². The van der Waals surface area contributed by atoms with Crippen molar-refractivity contribution in [3.63, 3.8) is 0 Å². The Balaban J connectivity index is 1.62. The van der Waals surface area contributed by atoms with Gasteiger partial charge in [0.15, 0.2) is 0 Å². The van der Waals surface area contributed by atoms with Crippen LogP contribution in [0.1, 0.15) is 45.9 Å². The summed E-state index contributed by atoms with van der Waals surface area (Å²) < 4.78 is 12.6. The first-order valence-corrected chi connectivity index (χ1v) is 11.7. The molecule has 0 unspecified atom stereocenters. The monoisotopic (exact) mass is 477 g/mol. The topological polar surface area (TPSA) is 85.0 Å². The smallest absolute Gasteiger partial charge is 0.259 e. The number of nitrogens with zero attached hydrogens (tertiary/aromatic N) is 3. The SMILES string of the molecule is COc1cc(=O)n2c(c1C(=O)N(C)[C@@H](C)c1ccco1)CCN(C(=O)Cc1ccccc1C)CC2. The maximum absolute atomic E-state index is 13.7. The quantitative estimate of drug-likeness (QED) is 0.544. The van der Waals surface area contributed by atoms with Gasteiger partial charge in [-0.05, 0) is 37.1 Å². The Hall–Kier alpha value is -3.81. The fourth-order valence-electron chi connectivity index (χ4n) is 4.55. The van der Waals surface area contributed by atoms with Crippen molar-refractivity contribution < 1.29 is 18.7 Å². The van der Waals surface area contributed by atoms with Crippen LogP contribution >= 0.6 is 0 Å². The summed E-state index contributed by atoms with van der Waals surface area (Å²) in [5, 5.41) is 0. The molecule has 0 fully saturated rings. The van der Waals surface area contributed by atoms with Crippen molar-refractivity contribution in [2.24, 2.45) is 0 Å². The lowest BCUT2D eigenvalue weighted by Crippen LogP contribution is -2.35. The highest BCUT2D eigenvalue weighted by Gasteiger charge is 2.30. The number of rotatable bonds is 6. The van der Waals surface area contributed by atoms with E-state index in [0.29, 0.717) is 49.5 Å². The summed E-state index contributed by atoms with van der Waals surface area (Å²) in [6.07, 6.45) is 2.24. The minimum Gasteiger partial charge on any atom is -0.496 e. The van der Waals surface area contributed by atoms with Crippen molar-refractivity contribution in [2.75, 3.05) is 27.2 Å². The number of methoxy groups -OCH3 is 1. The van der Waals surface area contributed by atoms with Crippen molar-refractivity contribution >= 4 is 11.8 Å². The minimum atomic E-state index is -0.312. The van der Waals surface area contributed by atoms with Gasteiger partial charge in [-0.15, -0.1) is 0 Å². The molecule has 8 heteroatoms. The molecule has 2 amide bonds. The van der Waals surface area contributed by atoms with E-state index in [9.17, 15) is 14.4 Å². The lowest BCUT2D eigenvalue weighted by Gasteiger charge is -2.26. The summed E-state index contributed by atoms with van der Waals surface area (Å²) >= 11 is 0. The molecule has 0 bridgehead atoms. The molecule has 1 aromatic carbocycles. The highest BCUT2D eigenvalue weighted by Crippen LogP contribution is 2.28. The number of hydrogen-bond acceptors (Lipinski definition) is 5. The largest absolute Gasteiger partial charge is 0.496 e. The molecule has 1 aliphatic heterocycles. The summed E-state index contributed by atoms with van der Waals surface area (Å²) in [7, 11) is 3.15. The Morgan fingerprint density at radius 3 is 2.60 bits per heavy atom. The Kier molecular flexibility index (Phi) is 7.10. The fraction of sp³-hybridized carbons (Fsp3) is 0.370. The van der Waals surface area contributed by atoms with Crippen molar-refractivity contribution in [2.45, 2.75) is 39.3 Å². The van der Waals surface area contributed by atoms with Crippen LogP contribution in [0.5, 0.6) is 5.75 Å². The molecule has 0 aliphatic carbocycles. The van der Waals surface area contributed by atoms with E-state index in [1.54, 1.807) is 33.7 Å². The van der Waals surface area contributed by atoms with E-state index >= 15 is 0 Å². The molecule has 0 saturated carbocycles. The minimum absolute atomic E-state index is 0.00329. The van der Waals surface area contributed by atoms with Crippen LogP contribution in [-0.4, -0.2) is 53.4 Å². The Labute approximate surface area is 204 Å². The number of carbonyl (C=O) groups is 2. The van der Waals surface area contributed by atoms with Gasteiger partial charge in [-0.25, -0.2) is 0 Å². The number of benzene rings is 1. The van der Waals surface area contributed by atoms with Crippen molar-refractivity contribution in [1.29, 1.82) is 0 Å². The van der Waals surface area contributed by atoms with Gasteiger partial charge in [-0.2, -0.15) is 0 Å². The van der Waals surface area contributed by atoms with Crippen LogP contribution in [0.4, 0.5) is 0 Å². The third-order valence-corrected chi connectivity index (χ3v) is 6.84. The first kappa shape index (κ1) is 24.3. The van der Waals surface area contributed by atoms with Gasteiger partial charge in [0.05, 0.1) is 25.8 Å². The zero-order valence-electron chi connectivity index (χ0n) is 20.6. The number of aromatic nitrogens is 1. The number of ether oxygens (including phenoxy) is 1. The van der Waals surface area contributed by atoms with Gasteiger partial charge < -0.3 is 23.5 Å². The van der Waals surface area contributed by atoms with Gasteiger partial charge >= 0.3 is 0 Å². The van der Waals surface area contributed by atoms with Gasteiger partial charge in [-0.3, -0.25) is 14.4 Å². The molecule has 2 aromatic heterocycles. The third kappa shape index (κ3) is 4.87. The maximum atomic E-state index is 13.7. The average Bonchev–Trinajstić information content (AvgIpc) is 3.30. The Morgan fingerprint density at radius 2 is 1.91 bits per heavy atom. The molecule has 3 heterocycles. The second kappa shape index (κ2) is 10.2. The number of amides is 2. The van der Waals surface area contributed by atoms with Crippen LogP contribution < -0.4 is 10.3 Å². The molecule has 0 saturated heterocycles. The summed E-state index contributed by atoms with van der Waals surface area (Å²) in [4.78, 5) is 43.0. The van der Waals surface area contributed by atoms with Crippen LogP contribution in [0.2, 0.25) is 0 Å². The number of hydrogen-bond donors (Lipinski definition) is 0. The first-order valence-electron chi connectivity index (χ1n) is 11.7. The first-order chi connectivity index (χ1) is 16.8. The highest BCUT2D eigenvalue weighted by atomic mass is 16.5. The second-order valence-electron chi connectivity index (χ2n) is 8.87. The van der Waals surface area contributed by atoms with E-state index in [-0.39, 0.29) is 29.2 Å². The van der Waals surface area contributed by atoms with E-state index in [1.165, 1.54) is 13.2 Å². The second-order valence-corrected chi connectivity index (χ2v) is 8.87. The Morgan fingerprint density at radius 1 is 1.14 bits per heavy atom. The number of furan rings is 1. The predicted molar refractivity (Wildman–Crippen MR) is 132 cm³/mol. The van der Waals surface area contributed by atoms with E-state index in [4.69, 9.17) is 9.15 Å². The van der Waals surface area contributed by atoms with Gasteiger partial charge in [0, 0.05) is 44.9 Å². The molecule has 8 nitrogen and oxygen atoms in total. The van der Waals surface area contributed by atoms with Gasteiger partial charge in [0.25, 0.3) is 11.5 Å². The van der Waals surface area contributed by atoms with Crippen LogP contribution in [-0.2, 0) is 24.2 Å². The van der Waals surface area contributed by atoms with Gasteiger partial charge in [0.2, 0.25) is 5.91 Å². The van der Waals surface area contributed by atoms with E-state index in [2.05, 4.69) is 0 Å². The number of carbonyl (C=O) groups excluding carboxylic acids is 2. The molecule has 1 atom stereocenters. The highest BCUT2D eigenvalue weighted by molar-refractivity contribution is 5.98. The molecule has 1 aliphatic rings. The molecule has 3 aromatic rings. The molecular formula is C27H31N3O5. The number of aryl methyl sites for hydroxylation is 1. The number of fused-ring (bicyclic) bond motifs is 1. The zero-order chi connectivity index (χ0) is 25.1. The molecule has 35 heavy (non-hydrogen) atoms. The summed E-state index contributed by atoms with van der Waals surface area (Å²) in [6, 6.07) is 12.5. The summed E-state index contributed by atoms with van der Waals surface area (Å²) in [5.74, 6) is 0.633. The molecule has 0 radical (unpaired) electrons. The van der Waals surface area contributed by atoms with Crippen molar-refractivity contribution in [1.82, 2.24) is 14.4 Å². The normalized spacial score (nSPS) is 14.1. The summed E-state index contributed by atoms with van der Waals surface area (Å²) in [6.45, 7) is 4.99. The maximum Gasteiger partial charge on any atom is 0.259 e. The Bertz CT molecular complexity index is 1280. The lowest BCUT2D eigenvalue weighted by molar-refractivity contribution is -0.130. The summed E-state index contributed by atoms with van der Waals surface area (Å²) in [5.41, 5.74) is 2.75. The van der Waals surface area contributed by atoms with Crippen LogP contribution in [0.15, 0.2) is 57.9 Å².